The summed E-state index contributed by atoms with van der Waals surface area (Å²) >= 11 is 5.85. The van der Waals surface area contributed by atoms with Crippen LogP contribution >= 0.6 is 11.6 Å². The first kappa shape index (κ1) is 10.1. The number of hydrogen-bond acceptors (Lipinski definition) is 2. The van der Waals surface area contributed by atoms with Crippen LogP contribution in [-0.4, -0.2) is 11.1 Å². The van der Waals surface area contributed by atoms with Gasteiger partial charge in [0.05, 0.1) is 0 Å². The Balaban J connectivity index is 2.59. The van der Waals surface area contributed by atoms with Crippen molar-refractivity contribution in [3.8, 4) is 0 Å². The van der Waals surface area contributed by atoms with Gasteiger partial charge in [0, 0.05) is 10.4 Å². The van der Waals surface area contributed by atoms with Crippen molar-refractivity contribution in [1.29, 1.82) is 0 Å². The van der Waals surface area contributed by atoms with Gasteiger partial charge >= 0.3 is 5.97 Å². The van der Waals surface area contributed by atoms with Gasteiger partial charge < -0.3 is 9.52 Å². The number of benzene rings is 1. The molecule has 1 heterocycles. The van der Waals surface area contributed by atoms with Crippen LogP contribution in [0.4, 0.5) is 0 Å². The van der Waals surface area contributed by atoms with Gasteiger partial charge in [0.2, 0.25) is 0 Å². The molecule has 1 aromatic carbocycles. The minimum absolute atomic E-state index is 0.0991. The second-order valence-electron chi connectivity index (χ2n) is 3.36. The Morgan fingerprint density at radius 3 is 2.93 bits per heavy atom. The van der Waals surface area contributed by atoms with E-state index in [0.717, 1.165) is 10.9 Å². The quantitative estimate of drug-likeness (QED) is 0.853. The Labute approximate surface area is 91.3 Å². The Morgan fingerprint density at radius 1 is 1.53 bits per heavy atom. The second-order valence-corrected chi connectivity index (χ2v) is 3.80. The fourth-order valence-electron chi connectivity index (χ4n) is 1.55. The van der Waals surface area contributed by atoms with Crippen LogP contribution in [0, 0.1) is 6.92 Å². The first-order valence-electron chi connectivity index (χ1n) is 4.47. The minimum Gasteiger partial charge on any atom is -0.481 e. The fraction of sp³-hybridized carbons (Fsp3) is 0.182. The molecular formula is C11H9ClO3. The molecule has 0 atom stereocenters. The van der Waals surface area contributed by atoms with Crippen LogP contribution in [0.5, 0.6) is 0 Å². The highest BCUT2D eigenvalue weighted by molar-refractivity contribution is 6.31. The van der Waals surface area contributed by atoms with Crippen molar-refractivity contribution in [2.75, 3.05) is 0 Å². The zero-order chi connectivity index (χ0) is 11.0. The first-order chi connectivity index (χ1) is 7.08. The molecule has 1 N–H and O–H groups in total. The lowest BCUT2D eigenvalue weighted by molar-refractivity contribution is -0.136. The number of aliphatic carboxylic acids is 1. The minimum atomic E-state index is -0.900. The fourth-order valence-corrected chi connectivity index (χ4v) is 1.72. The topological polar surface area (TPSA) is 50.4 Å². The lowest BCUT2D eigenvalue weighted by Gasteiger charge is -1.91. The molecular weight excluding hydrogens is 216 g/mol. The van der Waals surface area contributed by atoms with Crippen molar-refractivity contribution in [2.24, 2.45) is 0 Å². The van der Waals surface area contributed by atoms with Crippen molar-refractivity contribution in [1.82, 2.24) is 0 Å². The van der Waals surface area contributed by atoms with Gasteiger partial charge in [0.25, 0.3) is 0 Å². The van der Waals surface area contributed by atoms with Gasteiger partial charge in [0.1, 0.15) is 17.8 Å². The van der Waals surface area contributed by atoms with Crippen molar-refractivity contribution in [3.63, 3.8) is 0 Å². The zero-order valence-electron chi connectivity index (χ0n) is 8.08. The molecule has 0 bridgehead atoms. The molecule has 2 rings (SSSR count). The first-order valence-corrected chi connectivity index (χ1v) is 4.85. The molecule has 2 aromatic rings. The van der Waals surface area contributed by atoms with Crippen LogP contribution in [0.3, 0.4) is 0 Å². The monoisotopic (exact) mass is 224 g/mol. The van der Waals surface area contributed by atoms with E-state index >= 15 is 0 Å². The van der Waals surface area contributed by atoms with Crippen LogP contribution in [0.15, 0.2) is 22.6 Å². The van der Waals surface area contributed by atoms with Crippen molar-refractivity contribution in [3.05, 3.63) is 34.5 Å². The number of halogens is 1. The van der Waals surface area contributed by atoms with Gasteiger partial charge in [-0.15, -0.1) is 0 Å². The van der Waals surface area contributed by atoms with Crippen LogP contribution in [0.25, 0.3) is 11.0 Å². The lowest BCUT2D eigenvalue weighted by atomic mass is 10.1. The van der Waals surface area contributed by atoms with E-state index in [1.54, 1.807) is 18.2 Å². The molecule has 0 saturated carbocycles. The second kappa shape index (κ2) is 3.59. The van der Waals surface area contributed by atoms with Gasteiger partial charge in [-0.2, -0.15) is 0 Å². The van der Waals surface area contributed by atoms with Crippen LogP contribution in [0.2, 0.25) is 5.02 Å². The lowest BCUT2D eigenvalue weighted by Crippen LogP contribution is -1.99. The molecule has 4 heteroatoms. The van der Waals surface area contributed by atoms with Gasteiger partial charge in [0.15, 0.2) is 0 Å². The van der Waals surface area contributed by atoms with Gasteiger partial charge in [-0.05, 0) is 30.7 Å². The summed E-state index contributed by atoms with van der Waals surface area (Å²) in [7, 11) is 0. The van der Waals surface area contributed by atoms with Gasteiger partial charge in [-0.1, -0.05) is 11.6 Å². The number of carboxylic acid groups (broad SMARTS) is 1. The van der Waals surface area contributed by atoms with E-state index in [1.165, 1.54) is 0 Å². The molecule has 0 fully saturated rings. The third-order valence-electron chi connectivity index (χ3n) is 2.31. The largest absolute Gasteiger partial charge is 0.481 e. The maximum atomic E-state index is 10.6. The Bertz CT molecular complexity index is 528. The zero-order valence-corrected chi connectivity index (χ0v) is 8.84. The summed E-state index contributed by atoms with van der Waals surface area (Å²) < 4.78 is 5.43. The smallest absolute Gasteiger partial charge is 0.311 e. The summed E-state index contributed by atoms with van der Waals surface area (Å²) in [5.41, 5.74) is 1.52. The third kappa shape index (κ3) is 1.83. The van der Waals surface area contributed by atoms with Crippen molar-refractivity contribution >= 4 is 28.5 Å². The highest BCUT2D eigenvalue weighted by Gasteiger charge is 2.13. The van der Waals surface area contributed by atoms with E-state index in [2.05, 4.69) is 0 Å². The number of rotatable bonds is 2. The molecule has 0 saturated heterocycles. The number of carboxylic acids is 1. The molecule has 0 aliphatic heterocycles. The summed E-state index contributed by atoms with van der Waals surface area (Å²) in [6.45, 7) is 1.83. The average Bonchev–Trinajstić information content (AvgIpc) is 2.44. The Morgan fingerprint density at radius 2 is 2.27 bits per heavy atom. The molecule has 78 valence electrons. The molecule has 0 aliphatic rings. The van der Waals surface area contributed by atoms with Gasteiger partial charge in [-0.25, -0.2) is 0 Å². The van der Waals surface area contributed by atoms with Crippen LogP contribution < -0.4 is 0 Å². The Hall–Kier alpha value is -1.48. The number of hydrogen-bond donors (Lipinski definition) is 1. The maximum Gasteiger partial charge on any atom is 0.311 e. The maximum absolute atomic E-state index is 10.6. The molecule has 0 radical (unpaired) electrons. The molecule has 0 amide bonds. The highest BCUT2D eigenvalue weighted by atomic mass is 35.5. The van der Waals surface area contributed by atoms with E-state index < -0.39 is 5.97 Å². The standard InChI is InChI=1S/C11H9ClO3/c1-6-8-4-7(12)2-3-9(8)15-10(6)5-11(13)14/h2-4H,5H2,1H3,(H,13,14). The molecule has 0 spiro atoms. The summed E-state index contributed by atoms with van der Waals surface area (Å²) in [6, 6.07) is 5.24. The predicted molar refractivity (Wildman–Crippen MR) is 57.3 cm³/mol. The summed E-state index contributed by atoms with van der Waals surface area (Å²) in [5, 5.41) is 10.2. The van der Waals surface area contributed by atoms with E-state index in [1.807, 2.05) is 6.92 Å². The molecule has 0 unspecified atom stereocenters. The number of fused-ring (bicyclic) bond motifs is 1. The number of aryl methyl sites for hydroxylation is 1. The molecule has 0 aliphatic carbocycles. The SMILES string of the molecule is Cc1c(CC(=O)O)oc2ccc(Cl)cc12. The molecule has 3 nitrogen and oxygen atoms in total. The van der Waals surface area contributed by atoms with Crippen LogP contribution in [0.1, 0.15) is 11.3 Å². The van der Waals surface area contributed by atoms with E-state index in [9.17, 15) is 4.79 Å². The van der Waals surface area contributed by atoms with Crippen molar-refractivity contribution < 1.29 is 14.3 Å². The predicted octanol–water partition coefficient (Wildman–Crippen LogP) is 3.02. The van der Waals surface area contributed by atoms with E-state index in [4.69, 9.17) is 21.1 Å². The molecule has 1 aromatic heterocycles. The number of furan rings is 1. The molecule has 15 heavy (non-hydrogen) atoms. The normalized spacial score (nSPS) is 10.8. The summed E-state index contributed by atoms with van der Waals surface area (Å²) in [6.07, 6.45) is -0.0991. The van der Waals surface area contributed by atoms with Crippen molar-refractivity contribution in [2.45, 2.75) is 13.3 Å². The third-order valence-corrected chi connectivity index (χ3v) is 2.54. The highest BCUT2D eigenvalue weighted by Crippen LogP contribution is 2.27. The van der Waals surface area contributed by atoms with Crippen LogP contribution in [-0.2, 0) is 11.2 Å². The Kier molecular flexibility index (Phi) is 2.40. The van der Waals surface area contributed by atoms with E-state index in [0.29, 0.717) is 16.4 Å². The number of carbonyl (C=O) groups is 1. The van der Waals surface area contributed by atoms with E-state index in [-0.39, 0.29) is 6.42 Å². The summed E-state index contributed by atoms with van der Waals surface area (Å²) in [4.78, 5) is 10.6. The average molecular weight is 225 g/mol. The summed E-state index contributed by atoms with van der Waals surface area (Å²) in [5.74, 6) is -0.414. The van der Waals surface area contributed by atoms with Gasteiger partial charge in [-0.3, -0.25) is 4.79 Å².